The van der Waals surface area contributed by atoms with E-state index in [9.17, 15) is 40.1 Å². The van der Waals surface area contributed by atoms with Crippen molar-refractivity contribution in [2.45, 2.75) is 246 Å². The van der Waals surface area contributed by atoms with Crippen molar-refractivity contribution in [1.29, 1.82) is 0 Å². The lowest BCUT2D eigenvalue weighted by molar-refractivity contribution is -0.220. The molecule has 1 aliphatic rings. The normalized spacial score (nSPS) is 25.9. The minimum Gasteiger partial charge on any atom is -0.390 e. The number of ether oxygens (including phenoxy) is 2. The fraction of sp³-hybridized carbons (Fsp3) is 1.00. The van der Waals surface area contributed by atoms with E-state index in [0.717, 1.165) is 55.3 Å². The first-order valence-corrected chi connectivity index (χ1v) is 26.5. The van der Waals surface area contributed by atoms with E-state index in [1.807, 2.05) is 0 Å². The Morgan fingerprint density at radius 3 is 1.29 bits per heavy atom. The molecule has 3 unspecified atom stereocenters. The van der Waals surface area contributed by atoms with Gasteiger partial charge in [0.15, 0.2) is 0 Å². The Balaban J connectivity index is 2.61. The van der Waals surface area contributed by atoms with Crippen molar-refractivity contribution in [1.82, 2.24) is 0 Å². The predicted molar refractivity (Wildman–Crippen MR) is 250 cm³/mol. The molecule has 0 aromatic rings. The van der Waals surface area contributed by atoms with Crippen LogP contribution in [0.25, 0.3) is 0 Å². The number of rotatable bonds is 38. The van der Waals surface area contributed by atoms with Gasteiger partial charge in [-0.15, -0.1) is 0 Å². The van der Waals surface area contributed by atoms with Crippen LogP contribution in [0, 0.1) is 41.4 Å². The van der Waals surface area contributed by atoms with E-state index >= 15 is 0 Å². The van der Waals surface area contributed by atoms with Crippen LogP contribution in [0.5, 0.6) is 0 Å². The van der Waals surface area contributed by atoms with Crippen molar-refractivity contribution < 1.29 is 58.6 Å². The average Bonchev–Trinajstić information content (AvgIpc) is 3.18. The van der Waals surface area contributed by atoms with Crippen LogP contribution in [0.4, 0.5) is 0 Å². The molecule has 13 heteroatoms. The largest absolute Gasteiger partial charge is 0.472 e. The summed E-state index contributed by atoms with van der Waals surface area (Å²) in [7, 11) is -4.98. The number of aliphatic hydroxyl groups excluding tert-OH is 5. The van der Waals surface area contributed by atoms with E-state index in [4.69, 9.17) is 18.5 Å². The summed E-state index contributed by atoms with van der Waals surface area (Å²) in [6.07, 6.45) is 10.4. The third kappa shape index (κ3) is 28.1. The van der Waals surface area contributed by atoms with Crippen LogP contribution in [-0.2, 0) is 23.1 Å². The molecule has 0 aliphatic heterocycles. The standard InChI is InChI=1S/C49H99O12P/c1-35(2)17-11-19-37(5)21-13-23-39(7)24-15-26-41(9)28-31-58-33-42(34-60-62(56,57)61-48-46(53)44(51)43(50)45(52)47(48)54)59-32-30-49(10,55)29-16-27-40(8)25-14-22-38(6)20-12-18-36(3)4/h35-48,50-55H,11-34H2,1-10H3,(H,56,57)/t37-,38-,39-,40-,41-,42+,43?,44-,45+,46-,47-,48?,49-/m1/s1. The maximum atomic E-state index is 13.0. The number of phosphoric ester groups is 1. The topological polar surface area (TPSA) is 196 Å². The molecule has 7 N–H and O–H groups in total. The Bertz CT molecular complexity index is 1130. The third-order valence-corrected chi connectivity index (χ3v) is 14.3. The summed E-state index contributed by atoms with van der Waals surface area (Å²) in [4.78, 5) is 10.5. The Morgan fingerprint density at radius 1 is 0.500 bits per heavy atom. The van der Waals surface area contributed by atoms with Crippen molar-refractivity contribution in [3.05, 3.63) is 0 Å². The van der Waals surface area contributed by atoms with Crippen LogP contribution in [-0.4, -0.2) is 110 Å². The summed E-state index contributed by atoms with van der Waals surface area (Å²) in [6, 6.07) is 0. The fourth-order valence-corrected chi connectivity index (χ4v) is 9.62. The van der Waals surface area contributed by atoms with Gasteiger partial charge in [-0.2, -0.15) is 0 Å². The molecule has 0 aromatic carbocycles. The third-order valence-electron chi connectivity index (χ3n) is 13.4. The predicted octanol–water partition coefficient (Wildman–Crippen LogP) is 9.75. The molecule has 0 heterocycles. The summed E-state index contributed by atoms with van der Waals surface area (Å²) in [6.45, 7) is 22.8. The molecule has 0 saturated heterocycles. The van der Waals surface area contributed by atoms with Gasteiger partial charge in [0.25, 0.3) is 0 Å². The molecule has 1 aliphatic carbocycles. The molecule has 62 heavy (non-hydrogen) atoms. The zero-order valence-corrected chi connectivity index (χ0v) is 42.1. The minimum absolute atomic E-state index is 0.0496. The van der Waals surface area contributed by atoms with Crippen molar-refractivity contribution in [3.8, 4) is 0 Å². The van der Waals surface area contributed by atoms with E-state index in [0.29, 0.717) is 31.3 Å². The maximum absolute atomic E-state index is 13.0. The molecular formula is C49H99O12P. The van der Waals surface area contributed by atoms with Crippen LogP contribution >= 0.6 is 7.82 Å². The van der Waals surface area contributed by atoms with Crippen LogP contribution in [0.1, 0.15) is 198 Å². The molecule has 0 aromatic heterocycles. The highest BCUT2D eigenvalue weighted by Gasteiger charge is 2.51. The Morgan fingerprint density at radius 2 is 0.871 bits per heavy atom. The molecule has 14 atom stereocenters. The Kier molecular flexibility index (Phi) is 31.3. The van der Waals surface area contributed by atoms with Crippen molar-refractivity contribution >= 4 is 7.82 Å². The molecule has 0 amide bonds. The lowest BCUT2D eigenvalue weighted by Gasteiger charge is -2.41. The zero-order valence-electron chi connectivity index (χ0n) is 41.2. The van der Waals surface area contributed by atoms with Crippen LogP contribution in [0.15, 0.2) is 0 Å². The van der Waals surface area contributed by atoms with E-state index in [1.54, 1.807) is 6.92 Å². The van der Waals surface area contributed by atoms with E-state index < -0.39 is 62.8 Å². The van der Waals surface area contributed by atoms with Gasteiger partial charge in [-0.25, -0.2) is 4.57 Å². The van der Waals surface area contributed by atoms with Gasteiger partial charge >= 0.3 is 7.82 Å². The van der Waals surface area contributed by atoms with Gasteiger partial charge in [-0.3, -0.25) is 9.05 Å². The van der Waals surface area contributed by atoms with E-state index in [1.165, 1.54) is 89.9 Å². The molecule has 0 radical (unpaired) electrons. The van der Waals surface area contributed by atoms with Crippen molar-refractivity contribution in [2.75, 3.05) is 26.4 Å². The number of phosphoric acid groups is 1. The molecule has 372 valence electrons. The van der Waals surface area contributed by atoms with Gasteiger partial charge in [0, 0.05) is 13.2 Å². The van der Waals surface area contributed by atoms with E-state index in [2.05, 4.69) is 62.3 Å². The molecular weight excluding hydrogens is 812 g/mol. The quantitative estimate of drug-likeness (QED) is 0.0229. The highest BCUT2D eigenvalue weighted by molar-refractivity contribution is 7.47. The van der Waals surface area contributed by atoms with Gasteiger partial charge in [0.05, 0.1) is 18.8 Å². The molecule has 1 fully saturated rings. The van der Waals surface area contributed by atoms with Crippen molar-refractivity contribution in [2.24, 2.45) is 41.4 Å². The minimum atomic E-state index is -4.98. The smallest absolute Gasteiger partial charge is 0.390 e. The lowest BCUT2D eigenvalue weighted by Crippen LogP contribution is -2.64. The average molecular weight is 911 g/mol. The Hall–Kier alpha value is -0.210. The molecule has 0 bridgehead atoms. The summed E-state index contributed by atoms with van der Waals surface area (Å²) in [5.74, 6) is 4.89. The summed E-state index contributed by atoms with van der Waals surface area (Å²) < 4.78 is 35.3. The fourth-order valence-electron chi connectivity index (χ4n) is 8.64. The number of hydrogen-bond acceptors (Lipinski definition) is 11. The first-order chi connectivity index (χ1) is 29.0. The SMILES string of the molecule is CC(C)CCC[C@@H](C)CCC[C@@H](C)CCC[C@@H](C)CCOC[C@@H](COP(=O)(O)OC1[C@H](O)[C@H](O)C(O)[C@H](O)[C@H]1O)OCC[C@](C)(O)CCC[C@H](C)CCC[C@H](C)CCCC(C)C. The second kappa shape index (κ2) is 32.5. The summed E-state index contributed by atoms with van der Waals surface area (Å²) in [5.41, 5.74) is -0.968. The number of aliphatic hydroxyl groups is 6. The summed E-state index contributed by atoms with van der Waals surface area (Å²) in [5, 5.41) is 61.8. The Labute approximate surface area is 379 Å². The van der Waals surface area contributed by atoms with E-state index in [-0.39, 0.29) is 13.2 Å². The lowest BCUT2D eigenvalue weighted by atomic mass is 9.85. The van der Waals surface area contributed by atoms with Gasteiger partial charge in [-0.1, -0.05) is 171 Å². The first kappa shape index (κ1) is 59.8. The highest BCUT2D eigenvalue weighted by atomic mass is 31.2. The molecule has 1 rings (SSSR count). The van der Waals surface area contributed by atoms with Gasteiger partial charge in [0.1, 0.15) is 42.7 Å². The first-order valence-electron chi connectivity index (χ1n) is 25.0. The summed E-state index contributed by atoms with van der Waals surface area (Å²) >= 11 is 0. The molecule has 12 nitrogen and oxygen atoms in total. The zero-order chi connectivity index (χ0) is 46.9. The second-order valence-corrected chi connectivity index (χ2v) is 22.7. The monoisotopic (exact) mass is 911 g/mol. The van der Waals surface area contributed by atoms with Crippen LogP contribution in [0.3, 0.4) is 0 Å². The molecule has 1 saturated carbocycles. The number of hydrogen-bond donors (Lipinski definition) is 7. The van der Waals surface area contributed by atoms with Gasteiger partial charge < -0.3 is 45.0 Å². The second-order valence-electron chi connectivity index (χ2n) is 21.3. The van der Waals surface area contributed by atoms with Gasteiger partial charge in [0.2, 0.25) is 0 Å². The highest BCUT2D eigenvalue weighted by Crippen LogP contribution is 2.47. The van der Waals surface area contributed by atoms with Crippen LogP contribution in [0.2, 0.25) is 0 Å². The van der Waals surface area contributed by atoms with Gasteiger partial charge in [-0.05, 0) is 67.6 Å². The molecule has 0 spiro atoms. The van der Waals surface area contributed by atoms with Crippen molar-refractivity contribution in [3.63, 3.8) is 0 Å². The maximum Gasteiger partial charge on any atom is 0.472 e. The van der Waals surface area contributed by atoms with Crippen LogP contribution < -0.4 is 0 Å².